The van der Waals surface area contributed by atoms with Crippen molar-refractivity contribution in [2.45, 2.75) is 13.8 Å². The van der Waals surface area contributed by atoms with Gasteiger partial charge in [0.15, 0.2) is 5.43 Å². The van der Waals surface area contributed by atoms with Crippen molar-refractivity contribution in [3.05, 3.63) is 62.0 Å². The second kappa shape index (κ2) is 4.79. The van der Waals surface area contributed by atoms with Crippen LogP contribution in [0.5, 0.6) is 0 Å². The van der Waals surface area contributed by atoms with Crippen molar-refractivity contribution in [1.29, 1.82) is 5.26 Å². The van der Waals surface area contributed by atoms with Crippen molar-refractivity contribution in [2.75, 3.05) is 0 Å². The fourth-order valence-corrected chi connectivity index (χ4v) is 2.37. The average Bonchev–Trinajstić information content (AvgIpc) is 2.28. The lowest BCUT2D eigenvalue weighted by atomic mass is 10.1. The Kier molecular flexibility index (Phi) is 3.35. The highest BCUT2D eigenvalue weighted by Crippen LogP contribution is 2.22. The van der Waals surface area contributed by atoms with E-state index in [1.807, 2.05) is 30.5 Å². The van der Waals surface area contributed by atoms with Crippen LogP contribution in [0, 0.1) is 25.2 Å². The molecule has 1 aromatic carbocycles. The molecule has 0 radical (unpaired) electrons. The van der Waals surface area contributed by atoms with E-state index in [2.05, 4.69) is 22.0 Å². The van der Waals surface area contributed by atoms with E-state index in [4.69, 9.17) is 5.26 Å². The number of nitrogens with zero attached hydrogens (tertiary/aromatic N) is 2. The molecule has 4 heteroatoms. The third-order valence-electron chi connectivity index (χ3n) is 2.73. The minimum Gasteiger partial charge on any atom is -0.317 e. The second-order valence-electron chi connectivity index (χ2n) is 4.08. The van der Waals surface area contributed by atoms with Gasteiger partial charge in [0.1, 0.15) is 6.07 Å². The van der Waals surface area contributed by atoms with Crippen molar-refractivity contribution >= 4 is 15.9 Å². The van der Waals surface area contributed by atoms with Gasteiger partial charge in [-0.3, -0.25) is 4.79 Å². The average molecular weight is 303 g/mol. The van der Waals surface area contributed by atoms with Crippen LogP contribution in [0.3, 0.4) is 0 Å². The van der Waals surface area contributed by atoms with Crippen LogP contribution >= 0.6 is 15.9 Å². The minimum absolute atomic E-state index is 0.0187. The number of rotatable bonds is 1. The summed E-state index contributed by atoms with van der Waals surface area (Å²) in [6, 6.07) is 10.8. The monoisotopic (exact) mass is 302 g/mol. The van der Waals surface area contributed by atoms with Gasteiger partial charge < -0.3 is 4.57 Å². The Morgan fingerprint density at radius 1 is 1.17 bits per heavy atom. The molecule has 0 spiro atoms. The molecule has 0 unspecified atom stereocenters. The van der Waals surface area contributed by atoms with Crippen LogP contribution in [0.15, 0.2) is 39.6 Å². The first-order chi connectivity index (χ1) is 8.52. The number of nitriles is 1. The molecule has 0 saturated carbocycles. The number of benzene rings is 1. The highest BCUT2D eigenvalue weighted by molar-refractivity contribution is 9.10. The zero-order chi connectivity index (χ0) is 13.3. The number of halogens is 1. The fourth-order valence-electron chi connectivity index (χ4n) is 2.03. The summed E-state index contributed by atoms with van der Waals surface area (Å²) >= 11 is 3.40. The van der Waals surface area contributed by atoms with Crippen LogP contribution in [-0.4, -0.2) is 4.57 Å². The van der Waals surface area contributed by atoms with E-state index in [-0.39, 0.29) is 5.43 Å². The molecule has 0 saturated heterocycles. The Morgan fingerprint density at radius 2 is 1.78 bits per heavy atom. The summed E-state index contributed by atoms with van der Waals surface area (Å²) in [4.78, 5) is 11.4. The molecular weight excluding hydrogens is 292 g/mol. The van der Waals surface area contributed by atoms with Crippen LogP contribution in [0.25, 0.3) is 5.69 Å². The summed E-state index contributed by atoms with van der Waals surface area (Å²) in [7, 11) is 0. The maximum absolute atomic E-state index is 11.4. The van der Waals surface area contributed by atoms with Gasteiger partial charge in [-0.05, 0) is 32.0 Å². The van der Waals surface area contributed by atoms with Gasteiger partial charge in [-0.1, -0.05) is 15.9 Å². The van der Waals surface area contributed by atoms with E-state index in [0.29, 0.717) is 5.56 Å². The first-order valence-corrected chi connectivity index (χ1v) is 6.22. The first-order valence-electron chi connectivity index (χ1n) is 5.43. The van der Waals surface area contributed by atoms with Gasteiger partial charge in [-0.15, -0.1) is 0 Å². The van der Waals surface area contributed by atoms with E-state index >= 15 is 0 Å². The molecule has 3 nitrogen and oxygen atoms in total. The molecule has 18 heavy (non-hydrogen) atoms. The van der Waals surface area contributed by atoms with Crippen LogP contribution in [0.4, 0.5) is 0 Å². The largest absolute Gasteiger partial charge is 0.317 e. The summed E-state index contributed by atoms with van der Waals surface area (Å²) in [6.07, 6.45) is 0. The Hall–Kier alpha value is -1.86. The van der Waals surface area contributed by atoms with E-state index in [0.717, 1.165) is 21.5 Å². The van der Waals surface area contributed by atoms with E-state index < -0.39 is 0 Å². The molecule has 1 heterocycles. The molecule has 0 bridgehead atoms. The molecule has 1 aromatic heterocycles. The summed E-state index contributed by atoms with van der Waals surface area (Å²) < 4.78 is 2.80. The van der Waals surface area contributed by atoms with Crippen molar-refractivity contribution in [3.63, 3.8) is 0 Å². The number of aromatic nitrogens is 1. The standard InChI is InChI=1S/C14H11BrN2O/c1-9-5-13(18)6-10(2)17(9)14-7-12(15)4-3-11(14)8-16/h3-7H,1-2H3. The smallest absolute Gasteiger partial charge is 0.182 e. The zero-order valence-corrected chi connectivity index (χ0v) is 11.7. The topological polar surface area (TPSA) is 45.8 Å². The fraction of sp³-hybridized carbons (Fsp3) is 0.143. The Labute approximate surface area is 113 Å². The molecule has 0 N–H and O–H groups in total. The molecular formula is C14H11BrN2O. The third kappa shape index (κ3) is 2.22. The molecule has 0 amide bonds. The predicted octanol–water partition coefficient (Wildman–Crippen LogP) is 3.09. The molecule has 0 atom stereocenters. The van der Waals surface area contributed by atoms with Crippen LogP contribution in [-0.2, 0) is 0 Å². The molecule has 2 rings (SSSR count). The van der Waals surface area contributed by atoms with Crippen molar-refractivity contribution in [3.8, 4) is 11.8 Å². The SMILES string of the molecule is Cc1cc(=O)cc(C)n1-c1cc(Br)ccc1C#N. The van der Waals surface area contributed by atoms with Gasteiger partial charge >= 0.3 is 0 Å². The highest BCUT2D eigenvalue weighted by atomic mass is 79.9. The lowest BCUT2D eigenvalue weighted by molar-refractivity contribution is 0.918. The van der Waals surface area contributed by atoms with E-state index in [9.17, 15) is 4.79 Å². The summed E-state index contributed by atoms with van der Waals surface area (Å²) in [6.45, 7) is 3.72. The summed E-state index contributed by atoms with van der Waals surface area (Å²) in [5, 5.41) is 9.17. The molecule has 0 aliphatic rings. The van der Waals surface area contributed by atoms with Crippen LogP contribution < -0.4 is 5.43 Å². The molecule has 0 fully saturated rings. The molecule has 0 aliphatic heterocycles. The molecule has 2 aromatic rings. The van der Waals surface area contributed by atoms with E-state index in [1.165, 1.54) is 0 Å². The van der Waals surface area contributed by atoms with Crippen molar-refractivity contribution in [2.24, 2.45) is 0 Å². The normalized spacial score (nSPS) is 10.1. The lowest BCUT2D eigenvalue weighted by Crippen LogP contribution is -2.12. The quantitative estimate of drug-likeness (QED) is 0.812. The number of hydrogen-bond acceptors (Lipinski definition) is 2. The minimum atomic E-state index is -0.0187. The Balaban J connectivity index is 2.81. The Bertz CT molecular complexity index is 684. The summed E-state index contributed by atoms with van der Waals surface area (Å²) in [5.41, 5.74) is 2.97. The van der Waals surface area contributed by atoms with Gasteiger partial charge in [0, 0.05) is 28.0 Å². The second-order valence-corrected chi connectivity index (χ2v) is 5.00. The third-order valence-corrected chi connectivity index (χ3v) is 3.22. The molecule has 90 valence electrons. The Morgan fingerprint density at radius 3 is 2.33 bits per heavy atom. The number of pyridine rings is 1. The van der Waals surface area contributed by atoms with Crippen molar-refractivity contribution in [1.82, 2.24) is 4.57 Å². The summed E-state index contributed by atoms with van der Waals surface area (Å²) in [5.74, 6) is 0. The van der Waals surface area contributed by atoms with Gasteiger partial charge in [-0.25, -0.2) is 0 Å². The maximum atomic E-state index is 11.4. The van der Waals surface area contributed by atoms with Crippen LogP contribution in [0.2, 0.25) is 0 Å². The van der Waals surface area contributed by atoms with Gasteiger partial charge in [0.2, 0.25) is 0 Å². The van der Waals surface area contributed by atoms with Gasteiger partial charge in [-0.2, -0.15) is 5.26 Å². The lowest BCUT2D eigenvalue weighted by Gasteiger charge is -2.15. The molecule has 0 aliphatic carbocycles. The predicted molar refractivity (Wildman–Crippen MR) is 73.9 cm³/mol. The van der Waals surface area contributed by atoms with Gasteiger partial charge in [0.25, 0.3) is 0 Å². The van der Waals surface area contributed by atoms with Crippen LogP contribution in [0.1, 0.15) is 17.0 Å². The maximum Gasteiger partial charge on any atom is 0.182 e. The van der Waals surface area contributed by atoms with Gasteiger partial charge in [0.05, 0.1) is 11.3 Å². The first kappa shape index (κ1) is 12.6. The number of aryl methyl sites for hydroxylation is 2. The zero-order valence-electron chi connectivity index (χ0n) is 10.1. The highest BCUT2D eigenvalue weighted by Gasteiger charge is 2.09. The van der Waals surface area contributed by atoms with Crippen molar-refractivity contribution < 1.29 is 0 Å². The number of hydrogen-bond donors (Lipinski definition) is 0. The van der Waals surface area contributed by atoms with E-state index in [1.54, 1.807) is 18.2 Å².